The number of aromatic hydroxyl groups is 1. The third kappa shape index (κ3) is 5.17. The average molecular weight is 221 g/mol. The van der Waals surface area contributed by atoms with Crippen molar-refractivity contribution in [3.8, 4) is 5.75 Å². The summed E-state index contributed by atoms with van der Waals surface area (Å²) in [5.74, 6) is 1.19. The highest BCUT2D eigenvalue weighted by Crippen LogP contribution is 2.14. The molecule has 0 aliphatic rings. The number of nitrogens with one attached hydrogen (secondary N) is 1. The van der Waals surface area contributed by atoms with Gasteiger partial charge in [0.15, 0.2) is 0 Å². The van der Waals surface area contributed by atoms with Gasteiger partial charge in [-0.3, -0.25) is 0 Å². The van der Waals surface area contributed by atoms with Crippen LogP contribution in [0.2, 0.25) is 0 Å². The summed E-state index contributed by atoms with van der Waals surface area (Å²) in [5, 5.41) is 12.9. The second-order valence-electron chi connectivity index (χ2n) is 4.70. The number of unbranched alkanes of at least 4 members (excludes halogenated alkanes) is 1. The maximum Gasteiger partial charge on any atom is 0.120 e. The van der Waals surface area contributed by atoms with Crippen LogP contribution in [0.1, 0.15) is 38.7 Å². The third-order valence-electron chi connectivity index (χ3n) is 2.69. The zero-order chi connectivity index (χ0) is 11.8. The Labute approximate surface area is 98.7 Å². The predicted octanol–water partition coefficient (Wildman–Crippen LogP) is 3.31. The molecule has 1 rings (SSSR count). The molecular formula is C14H23NO. The Morgan fingerprint density at radius 2 is 1.94 bits per heavy atom. The van der Waals surface area contributed by atoms with Crippen molar-refractivity contribution < 1.29 is 5.11 Å². The van der Waals surface area contributed by atoms with Gasteiger partial charge in [-0.15, -0.1) is 0 Å². The third-order valence-corrected chi connectivity index (χ3v) is 2.69. The van der Waals surface area contributed by atoms with E-state index in [9.17, 15) is 5.11 Å². The number of phenols is 1. The SMILES string of the molecule is CC(C)CCCCNCc1ccccc1O. The number of hydrogen-bond donors (Lipinski definition) is 2. The van der Waals surface area contributed by atoms with E-state index in [1.807, 2.05) is 18.2 Å². The Hall–Kier alpha value is -1.02. The van der Waals surface area contributed by atoms with E-state index in [2.05, 4.69) is 19.2 Å². The molecule has 2 nitrogen and oxygen atoms in total. The molecule has 1 aromatic rings. The summed E-state index contributed by atoms with van der Waals surface area (Å²) in [6.45, 7) is 6.31. The topological polar surface area (TPSA) is 32.3 Å². The van der Waals surface area contributed by atoms with Crippen molar-refractivity contribution in [3.05, 3.63) is 29.8 Å². The summed E-state index contributed by atoms with van der Waals surface area (Å²) >= 11 is 0. The van der Waals surface area contributed by atoms with Gasteiger partial charge in [0.05, 0.1) is 0 Å². The van der Waals surface area contributed by atoms with Gasteiger partial charge in [0, 0.05) is 12.1 Å². The number of rotatable bonds is 7. The highest BCUT2D eigenvalue weighted by molar-refractivity contribution is 5.31. The van der Waals surface area contributed by atoms with E-state index >= 15 is 0 Å². The van der Waals surface area contributed by atoms with E-state index in [1.165, 1.54) is 19.3 Å². The fourth-order valence-electron chi connectivity index (χ4n) is 1.69. The van der Waals surface area contributed by atoms with Crippen molar-refractivity contribution in [2.75, 3.05) is 6.54 Å². The molecule has 0 fully saturated rings. The van der Waals surface area contributed by atoms with Crippen molar-refractivity contribution >= 4 is 0 Å². The second-order valence-corrected chi connectivity index (χ2v) is 4.70. The zero-order valence-electron chi connectivity index (χ0n) is 10.4. The van der Waals surface area contributed by atoms with E-state index in [1.54, 1.807) is 6.07 Å². The molecule has 0 spiro atoms. The standard InChI is InChI=1S/C14H23NO/c1-12(2)7-5-6-10-15-11-13-8-3-4-9-14(13)16/h3-4,8-9,12,15-16H,5-7,10-11H2,1-2H3. The monoisotopic (exact) mass is 221 g/mol. The van der Waals surface area contributed by atoms with Gasteiger partial charge >= 0.3 is 0 Å². The van der Waals surface area contributed by atoms with Crippen LogP contribution in [0.5, 0.6) is 5.75 Å². The summed E-state index contributed by atoms with van der Waals surface area (Å²) in [7, 11) is 0. The highest BCUT2D eigenvalue weighted by Gasteiger charge is 1.98. The molecule has 0 aliphatic heterocycles. The molecule has 1 aromatic carbocycles. The smallest absolute Gasteiger partial charge is 0.120 e. The molecule has 0 atom stereocenters. The van der Waals surface area contributed by atoms with Gasteiger partial charge in [-0.05, 0) is 24.9 Å². The Morgan fingerprint density at radius 3 is 2.62 bits per heavy atom. The quantitative estimate of drug-likeness (QED) is 0.692. The first-order chi connectivity index (χ1) is 7.70. The van der Waals surface area contributed by atoms with E-state index in [0.29, 0.717) is 5.75 Å². The highest BCUT2D eigenvalue weighted by atomic mass is 16.3. The second kappa shape index (κ2) is 7.29. The summed E-state index contributed by atoms with van der Waals surface area (Å²) in [6.07, 6.45) is 3.80. The summed E-state index contributed by atoms with van der Waals surface area (Å²) in [6, 6.07) is 7.49. The maximum atomic E-state index is 9.55. The van der Waals surface area contributed by atoms with Crippen LogP contribution in [0, 0.1) is 5.92 Å². The van der Waals surface area contributed by atoms with Crippen molar-refractivity contribution in [3.63, 3.8) is 0 Å². The molecule has 0 bridgehead atoms. The first kappa shape index (κ1) is 13.0. The normalized spacial score (nSPS) is 10.9. The lowest BCUT2D eigenvalue weighted by Gasteiger charge is -2.07. The predicted molar refractivity (Wildman–Crippen MR) is 68.5 cm³/mol. The summed E-state index contributed by atoms with van der Waals surface area (Å²) in [4.78, 5) is 0. The molecule has 16 heavy (non-hydrogen) atoms. The fraction of sp³-hybridized carbons (Fsp3) is 0.571. The molecule has 0 saturated heterocycles. The van der Waals surface area contributed by atoms with Crippen molar-refractivity contribution in [1.29, 1.82) is 0 Å². The molecular weight excluding hydrogens is 198 g/mol. The van der Waals surface area contributed by atoms with E-state index in [4.69, 9.17) is 0 Å². The van der Waals surface area contributed by atoms with Gasteiger partial charge in [-0.1, -0.05) is 44.9 Å². The van der Waals surface area contributed by atoms with E-state index in [0.717, 1.165) is 24.6 Å². The number of hydrogen-bond acceptors (Lipinski definition) is 2. The van der Waals surface area contributed by atoms with Gasteiger partial charge < -0.3 is 10.4 Å². The number of phenolic OH excluding ortho intramolecular Hbond substituents is 1. The molecule has 0 heterocycles. The minimum Gasteiger partial charge on any atom is -0.508 e. The molecule has 0 saturated carbocycles. The van der Waals surface area contributed by atoms with Gasteiger partial charge in [0.2, 0.25) is 0 Å². The van der Waals surface area contributed by atoms with Crippen LogP contribution >= 0.6 is 0 Å². The Bertz CT molecular complexity index is 297. The van der Waals surface area contributed by atoms with Crippen molar-refractivity contribution in [2.24, 2.45) is 5.92 Å². The lowest BCUT2D eigenvalue weighted by molar-refractivity contribution is 0.462. The molecule has 0 aliphatic carbocycles. The van der Waals surface area contributed by atoms with E-state index < -0.39 is 0 Å². The molecule has 90 valence electrons. The van der Waals surface area contributed by atoms with Gasteiger partial charge in [-0.25, -0.2) is 0 Å². The van der Waals surface area contributed by atoms with Crippen LogP contribution < -0.4 is 5.32 Å². The average Bonchev–Trinajstić information content (AvgIpc) is 2.25. The van der Waals surface area contributed by atoms with Crippen LogP contribution in [-0.4, -0.2) is 11.7 Å². The van der Waals surface area contributed by atoms with Crippen LogP contribution in [-0.2, 0) is 6.54 Å². The van der Waals surface area contributed by atoms with Gasteiger partial charge in [0.25, 0.3) is 0 Å². The van der Waals surface area contributed by atoms with Crippen LogP contribution in [0.25, 0.3) is 0 Å². The first-order valence-electron chi connectivity index (χ1n) is 6.17. The first-order valence-corrected chi connectivity index (χ1v) is 6.17. The van der Waals surface area contributed by atoms with Crippen molar-refractivity contribution in [2.45, 2.75) is 39.7 Å². The Kier molecular flexibility index (Phi) is 5.94. The molecule has 0 amide bonds. The van der Waals surface area contributed by atoms with Crippen molar-refractivity contribution in [1.82, 2.24) is 5.32 Å². The van der Waals surface area contributed by atoms with Crippen LogP contribution in [0.3, 0.4) is 0 Å². The van der Waals surface area contributed by atoms with Gasteiger partial charge in [0.1, 0.15) is 5.75 Å². The van der Waals surface area contributed by atoms with Gasteiger partial charge in [-0.2, -0.15) is 0 Å². The summed E-state index contributed by atoms with van der Waals surface area (Å²) in [5.41, 5.74) is 0.978. The molecule has 0 unspecified atom stereocenters. The molecule has 2 N–H and O–H groups in total. The summed E-state index contributed by atoms with van der Waals surface area (Å²) < 4.78 is 0. The van der Waals surface area contributed by atoms with Crippen LogP contribution in [0.4, 0.5) is 0 Å². The molecule has 0 aromatic heterocycles. The lowest BCUT2D eigenvalue weighted by atomic mass is 10.1. The largest absolute Gasteiger partial charge is 0.508 e. The Balaban J connectivity index is 2.10. The van der Waals surface area contributed by atoms with Crippen LogP contribution in [0.15, 0.2) is 24.3 Å². The fourth-order valence-corrected chi connectivity index (χ4v) is 1.69. The maximum absolute atomic E-state index is 9.55. The minimum atomic E-state index is 0.386. The number of benzene rings is 1. The zero-order valence-corrected chi connectivity index (χ0v) is 10.4. The molecule has 0 radical (unpaired) electrons. The lowest BCUT2D eigenvalue weighted by Crippen LogP contribution is -2.14. The number of para-hydroxylation sites is 1. The Morgan fingerprint density at radius 1 is 1.19 bits per heavy atom. The van der Waals surface area contributed by atoms with E-state index in [-0.39, 0.29) is 0 Å². The molecule has 2 heteroatoms. The minimum absolute atomic E-state index is 0.386.